The van der Waals surface area contributed by atoms with Gasteiger partial charge in [-0.25, -0.2) is 4.79 Å². The van der Waals surface area contributed by atoms with Gasteiger partial charge in [-0.3, -0.25) is 4.79 Å². The molecule has 88 valence electrons. The summed E-state index contributed by atoms with van der Waals surface area (Å²) in [7, 11) is 0. The molecule has 0 unspecified atom stereocenters. The highest BCUT2D eigenvalue weighted by Gasteiger charge is 2.50. The molecule has 2 atom stereocenters. The molecule has 16 heavy (non-hydrogen) atoms. The number of rotatable bonds is 3. The number of hydrogen-bond acceptors (Lipinski definition) is 3. The molecule has 2 fully saturated rings. The van der Waals surface area contributed by atoms with E-state index < -0.39 is 0 Å². The highest BCUT2D eigenvalue weighted by atomic mass is 16.5. The molecule has 2 aliphatic rings. The van der Waals surface area contributed by atoms with Gasteiger partial charge in [0.15, 0.2) is 0 Å². The average molecular weight is 222 g/mol. The summed E-state index contributed by atoms with van der Waals surface area (Å²) < 4.78 is 4.85. The molecule has 0 bridgehead atoms. The minimum absolute atomic E-state index is 0.315. The van der Waals surface area contributed by atoms with Crippen LogP contribution in [0.2, 0.25) is 0 Å². The molecule has 2 aliphatic carbocycles. The maximum Gasteiger partial charge on any atom is 0.330 e. The van der Waals surface area contributed by atoms with E-state index in [1.165, 1.54) is 6.08 Å². The minimum atomic E-state index is -0.331. The van der Waals surface area contributed by atoms with E-state index in [4.69, 9.17) is 4.74 Å². The van der Waals surface area contributed by atoms with Gasteiger partial charge in [0.05, 0.1) is 12.0 Å². The van der Waals surface area contributed by atoms with E-state index >= 15 is 0 Å². The zero-order valence-electron chi connectivity index (χ0n) is 9.70. The van der Waals surface area contributed by atoms with Crippen LogP contribution >= 0.6 is 0 Å². The maximum atomic E-state index is 11.9. The Balaban J connectivity index is 2.11. The fourth-order valence-electron chi connectivity index (χ4n) is 3.13. The van der Waals surface area contributed by atoms with E-state index in [1.54, 1.807) is 6.92 Å². The third-order valence-corrected chi connectivity index (χ3v) is 3.91. The average Bonchev–Trinajstić information content (AvgIpc) is 2.78. The summed E-state index contributed by atoms with van der Waals surface area (Å²) in [5.74, 6) is 0.448. The van der Waals surface area contributed by atoms with Crippen LogP contribution in [-0.2, 0) is 14.3 Å². The molecule has 3 nitrogen and oxygen atoms in total. The van der Waals surface area contributed by atoms with Crippen molar-refractivity contribution in [3.8, 4) is 0 Å². The number of allylic oxidation sites excluding steroid dienone is 1. The first-order valence-electron chi connectivity index (χ1n) is 6.08. The van der Waals surface area contributed by atoms with Crippen molar-refractivity contribution in [2.45, 2.75) is 39.0 Å². The zero-order valence-corrected chi connectivity index (χ0v) is 9.70. The van der Waals surface area contributed by atoms with Crippen LogP contribution in [0.4, 0.5) is 0 Å². The number of ether oxygens (including phenoxy) is 1. The number of carbonyl (C=O) groups excluding carboxylic acids is 2. The van der Waals surface area contributed by atoms with Gasteiger partial charge >= 0.3 is 5.97 Å². The Morgan fingerprint density at radius 2 is 2.38 bits per heavy atom. The summed E-state index contributed by atoms with van der Waals surface area (Å²) >= 11 is 0. The molecule has 3 heteroatoms. The molecule has 0 spiro atoms. The Hall–Kier alpha value is -1.12. The van der Waals surface area contributed by atoms with Crippen LogP contribution < -0.4 is 0 Å². The molecule has 0 radical (unpaired) electrons. The van der Waals surface area contributed by atoms with Crippen molar-refractivity contribution in [2.75, 3.05) is 6.61 Å². The van der Waals surface area contributed by atoms with Gasteiger partial charge in [0.2, 0.25) is 0 Å². The lowest BCUT2D eigenvalue weighted by atomic mass is 9.79. The quantitative estimate of drug-likeness (QED) is 0.543. The van der Waals surface area contributed by atoms with E-state index in [2.05, 4.69) is 0 Å². The van der Waals surface area contributed by atoms with Crippen LogP contribution in [0.3, 0.4) is 0 Å². The van der Waals surface area contributed by atoms with Crippen LogP contribution in [0.1, 0.15) is 39.0 Å². The third-order valence-electron chi connectivity index (χ3n) is 3.91. The summed E-state index contributed by atoms with van der Waals surface area (Å²) in [5, 5.41) is 0. The Bertz CT molecular complexity index is 332. The molecule has 0 N–H and O–H groups in total. The number of esters is 1. The van der Waals surface area contributed by atoms with Crippen molar-refractivity contribution in [3.05, 3.63) is 12.2 Å². The number of hydrogen-bond donors (Lipinski definition) is 0. The Morgan fingerprint density at radius 1 is 1.56 bits per heavy atom. The lowest BCUT2D eigenvalue weighted by molar-refractivity contribution is -0.137. The molecule has 0 aromatic rings. The summed E-state index contributed by atoms with van der Waals surface area (Å²) in [5.41, 5.74) is -0.327. The minimum Gasteiger partial charge on any atom is -0.463 e. The first kappa shape index (κ1) is 11.4. The van der Waals surface area contributed by atoms with E-state index in [0.717, 1.165) is 25.7 Å². The molecule has 0 aromatic heterocycles. The van der Waals surface area contributed by atoms with Crippen LogP contribution in [0, 0.1) is 11.3 Å². The van der Waals surface area contributed by atoms with Gasteiger partial charge in [0.1, 0.15) is 5.78 Å². The van der Waals surface area contributed by atoms with Gasteiger partial charge in [-0.05, 0) is 32.1 Å². The van der Waals surface area contributed by atoms with Crippen LogP contribution in [0.25, 0.3) is 0 Å². The molecule has 0 heterocycles. The monoisotopic (exact) mass is 222 g/mol. The van der Waals surface area contributed by atoms with Crippen LogP contribution in [0.5, 0.6) is 0 Å². The lowest BCUT2D eigenvalue weighted by Gasteiger charge is -2.22. The molecule has 0 aliphatic heterocycles. The summed E-state index contributed by atoms with van der Waals surface area (Å²) in [4.78, 5) is 23.2. The van der Waals surface area contributed by atoms with Gasteiger partial charge < -0.3 is 4.74 Å². The standard InChI is InChI=1S/C13H18O3/c1-2-16-12(15)7-9-13-8-3-4-10(13)5-6-11(13)14/h7,9-10H,2-6,8H2,1H3/b9-7-/t10-,13+/m0/s1. The van der Waals surface area contributed by atoms with Gasteiger partial charge in [-0.15, -0.1) is 0 Å². The number of ketones is 1. The largest absolute Gasteiger partial charge is 0.463 e. The number of Topliss-reactive ketones (excluding diaryl/α,β-unsaturated/α-hetero) is 1. The molecular formula is C13H18O3. The second-order valence-corrected chi connectivity index (χ2v) is 4.68. The summed E-state index contributed by atoms with van der Waals surface area (Å²) in [6.07, 6.45) is 8.07. The number of fused-ring (bicyclic) bond motifs is 1. The predicted molar refractivity (Wildman–Crippen MR) is 59.8 cm³/mol. The van der Waals surface area contributed by atoms with Crippen LogP contribution in [0.15, 0.2) is 12.2 Å². The van der Waals surface area contributed by atoms with Crippen molar-refractivity contribution >= 4 is 11.8 Å². The Labute approximate surface area is 95.9 Å². The molecule has 0 aromatic carbocycles. The third kappa shape index (κ3) is 1.79. The van der Waals surface area contributed by atoms with Gasteiger partial charge in [-0.2, -0.15) is 0 Å². The first-order valence-corrected chi connectivity index (χ1v) is 6.08. The molecule has 0 amide bonds. The van der Waals surface area contributed by atoms with Crippen molar-refractivity contribution in [3.63, 3.8) is 0 Å². The van der Waals surface area contributed by atoms with Crippen molar-refractivity contribution in [1.29, 1.82) is 0 Å². The molecule has 2 saturated carbocycles. The second kappa shape index (κ2) is 4.40. The van der Waals surface area contributed by atoms with E-state index in [-0.39, 0.29) is 11.4 Å². The molecule has 0 saturated heterocycles. The highest BCUT2D eigenvalue weighted by Crippen LogP contribution is 2.52. The summed E-state index contributed by atoms with van der Waals surface area (Å²) in [6.45, 7) is 2.16. The van der Waals surface area contributed by atoms with Gasteiger partial charge in [0.25, 0.3) is 0 Å². The fourth-order valence-corrected chi connectivity index (χ4v) is 3.13. The van der Waals surface area contributed by atoms with Gasteiger partial charge in [0, 0.05) is 12.5 Å². The Kier molecular flexibility index (Phi) is 3.13. The maximum absolute atomic E-state index is 11.9. The van der Waals surface area contributed by atoms with Gasteiger partial charge in [-0.1, -0.05) is 12.5 Å². The zero-order chi connectivity index (χ0) is 11.6. The van der Waals surface area contributed by atoms with Crippen molar-refractivity contribution < 1.29 is 14.3 Å². The second-order valence-electron chi connectivity index (χ2n) is 4.68. The van der Waals surface area contributed by atoms with E-state index in [1.807, 2.05) is 6.08 Å². The Morgan fingerprint density at radius 3 is 3.12 bits per heavy atom. The topological polar surface area (TPSA) is 43.4 Å². The lowest BCUT2D eigenvalue weighted by Crippen LogP contribution is -2.25. The normalized spacial score (nSPS) is 33.3. The fraction of sp³-hybridized carbons (Fsp3) is 0.692. The highest BCUT2D eigenvalue weighted by molar-refractivity contribution is 5.91. The first-order chi connectivity index (χ1) is 7.69. The predicted octanol–water partition coefficient (Wildman–Crippen LogP) is 2.26. The van der Waals surface area contributed by atoms with Crippen molar-refractivity contribution in [2.24, 2.45) is 11.3 Å². The molecular weight excluding hydrogens is 204 g/mol. The van der Waals surface area contributed by atoms with E-state index in [0.29, 0.717) is 24.7 Å². The molecule has 2 rings (SSSR count). The number of carbonyl (C=O) groups is 2. The summed E-state index contributed by atoms with van der Waals surface area (Å²) in [6, 6.07) is 0. The smallest absolute Gasteiger partial charge is 0.330 e. The van der Waals surface area contributed by atoms with Crippen molar-refractivity contribution in [1.82, 2.24) is 0 Å². The SMILES string of the molecule is CCOC(=O)/C=C\[C@]12CCC[C@H]1CCC2=O. The van der Waals surface area contributed by atoms with Crippen LogP contribution in [-0.4, -0.2) is 18.4 Å². The van der Waals surface area contributed by atoms with E-state index in [9.17, 15) is 9.59 Å².